The zero-order valence-electron chi connectivity index (χ0n) is 10.7. The van der Waals surface area contributed by atoms with Crippen LogP contribution in [0.3, 0.4) is 0 Å². The molecule has 0 atom stereocenters. The van der Waals surface area contributed by atoms with Gasteiger partial charge in [-0.25, -0.2) is 0 Å². The third-order valence-corrected chi connectivity index (χ3v) is 3.33. The maximum absolute atomic E-state index is 9.28. The predicted molar refractivity (Wildman–Crippen MR) is 80.4 cm³/mol. The van der Waals surface area contributed by atoms with Crippen molar-refractivity contribution in [2.24, 2.45) is 0 Å². The molecule has 0 bridgehead atoms. The molecular weight excluding hydrogens is 306 g/mol. The Labute approximate surface area is 121 Å². The lowest BCUT2D eigenvalue weighted by Crippen LogP contribution is -2.01. The molecule has 100 valence electrons. The van der Waals surface area contributed by atoms with Crippen LogP contribution in [0, 0.1) is 0 Å². The topological polar surface area (TPSA) is 41.5 Å². The molecule has 4 heteroatoms. The fourth-order valence-corrected chi connectivity index (χ4v) is 2.31. The fraction of sp³-hybridized carbons (Fsp3) is 0.200. The van der Waals surface area contributed by atoms with E-state index in [-0.39, 0.29) is 6.61 Å². The second kappa shape index (κ2) is 6.59. The van der Waals surface area contributed by atoms with Crippen molar-refractivity contribution in [3.05, 3.63) is 58.1 Å². The van der Waals surface area contributed by atoms with Crippen LogP contribution in [0.2, 0.25) is 0 Å². The lowest BCUT2D eigenvalue weighted by molar-refractivity contribution is 0.274. The molecular formula is C15H16BrNO2. The molecule has 3 nitrogen and oxygen atoms in total. The minimum Gasteiger partial charge on any atom is -0.496 e. The summed E-state index contributed by atoms with van der Waals surface area (Å²) in [6.07, 6.45) is 0. The van der Waals surface area contributed by atoms with Gasteiger partial charge in [0.25, 0.3) is 0 Å². The quantitative estimate of drug-likeness (QED) is 0.884. The van der Waals surface area contributed by atoms with Gasteiger partial charge in [0.2, 0.25) is 0 Å². The minimum absolute atomic E-state index is 0.0322. The van der Waals surface area contributed by atoms with Gasteiger partial charge >= 0.3 is 0 Å². The molecule has 19 heavy (non-hydrogen) atoms. The van der Waals surface area contributed by atoms with Crippen LogP contribution in [0.1, 0.15) is 11.1 Å². The predicted octanol–water partition coefficient (Wildman–Crippen LogP) is 3.56. The van der Waals surface area contributed by atoms with Crippen molar-refractivity contribution in [1.29, 1.82) is 0 Å². The van der Waals surface area contributed by atoms with Crippen molar-refractivity contribution in [3.8, 4) is 5.75 Å². The molecule has 0 saturated carbocycles. The molecule has 0 heterocycles. The molecule has 2 aromatic rings. The number of methoxy groups -OCH3 is 1. The number of benzene rings is 2. The van der Waals surface area contributed by atoms with Crippen molar-refractivity contribution in [2.75, 3.05) is 12.4 Å². The maximum Gasteiger partial charge on any atom is 0.124 e. The zero-order valence-corrected chi connectivity index (χ0v) is 12.3. The molecule has 0 unspecified atom stereocenters. The van der Waals surface area contributed by atoms with Crippen LogP contribution in [-0.2, 0) is 13.2 Å². The molecule has 0 spiro atoms. The molecule has 0 aliphatic heterocycles. The largest absolute Gasteiger partial charge is 0.496 e. The Morgan fingerprint density at radius 2 is 2.05 bits per heavy atom. The molecule has 0 saturated heterocycles. The Bertz CT molecular complexity index is 558. The minimum atomic E-state index is -0.0322. The van der Waals surface area contributed by atoms with E-state index < -0.39 is 0 Å². The number of ether oxygens (including phenoxy) is 1. The van der Waals surface area contributed by atoms with E-state index in [1.54, 1.807) is 7.11 Å². The van der Waals surface area contributed by atoms with E-state index >= 15 is 0 Å². The lowest BCUT2D eigenvalue weighted by Gasteiger charge is -2.11. The SMILES string of the molecule is COc1ccc(NCc2cccc(Br)c2)cc1CO. The number of aliphatic hydroxyl groups is 1. The van der Waals surface area contributed by atoms with E-state index in [2.05, 4.69) is 33.4 Å². The third kappa shape index (κ3) is 3.72. The molecule has 0 aliphatic carbocycles. The summed E-state index contributed by atoms with van der Waals surface area (Å²) in [5, 5.41) is 12.6. The third-order valence-electron chi connectivity index (χ3n) is 2.84. The molecule has 0 aliphatic rings. The van der Waals surface area contributed by atoms with Crippen LogP contribution in [0.15, 0.2) is 46.9 Å². The highest BCUT2D eigenvalue weighted by Gasteiger charge is 2.03. The van der Waals surface area contributed by atoms with Gasteiger partial charge in [-0.2, -0.15) is 0 Å². The van der Waals surface area contributed by atoms with E-state index in [4.69, 9.17) is 4.74 Å². The number of rotatable bonds is 5. The Balaban J connectivity index is 2.07. The summed E-state index contributed by atoms with van der Waals surface area (Å²) in [5.41, 5.74) is 2.93. The van der Waals surface area contributed by atoms with Crippen LogP contribution in [-0.4, -0.2) is 12.2 Å². The second-order valence-electron chi connectivity index (χ2n) is 4.17. The Kier molecular flexibility index (Phi) is 4.82. The zero-order chi connectivity index (χ0) is 13.7. The van der Waals surface area contributed by atoms with Crippen molar-refractivity contribution in [1.82, 2.24) is 0 Å². The number of hydrogen-bond acceptors (Lipinski definition) is 3. The molecule has 2 rings (SSSR count). The second-order valence-corrected chi connectivity index (χ2v) is 5.08. The smallest absolute Gasteiger partial charge is 0.124 e. The molecule has 0 radical (unpaired) electrons. The lowest BCUT2D eigenvalue weighted by atomic mass is 10.1. The van der Waals surface area contributed by atoms with Crippen LogP contribution in [0.5, 0.6) is 5.75 Å². The van der Waals surface area contributed by atoms with Crippen molar-refractivity contribution in [3.63, 3.8) is 0 Å². The first-order valence-electron chi connectivity index (χ1n) is 5.99. The molecule has 2 N–H and O–H groups in total. The van der Waals surface area contributed by atoms with Gasteiger partial charge in [-0.15, -0.1) is 0 Å². The van der Waals surface area contributed by atoms with Gasteiger partial charge in [-0.05, 0) is 35.9 Å². The van der Waals surface area contributed by atoms with Gasteiger partial charge < -0.3 is 15.2 Å². The molecule has 0 aromatic heterocycles. The Morgan fingerprint density at radius 3 is 2.74 bits per heavy atom. The molecule has 0 amide bonds. The van der Waals surface area contributed by atoms with Crippen LogP contribution >= 0.6 is 15.9 Å². The van der Waals surface area contributed by atoms with Crippen molar-refractivity contribution >= 4 is 21.6 Å². The van der Waals surface area contributed by atoms with E-state index in [1.807, 2.05) is 30.3 Å². The van der Waals surface area contributed by atoms with Gasteiger partial charge in [0.05, 0.1) is 13.7 Å². The van der Waals surface area contributed by atoms with E-state index in [0.717, 1.165) is 22.3 Å². The fourth-order valence-electron chi connectivity index (χ4n) is 1.86. The average Bonchev–Trinajstić information content (AvgIpc) is 2.45. The summed E-state index contributed by atoms with van der Waals surface area (Å²) in [4.78, 5) is 0. The van der Waals surface area contributed by atoms with Crippen LogP contribution < -0.4 is 10.1 Å². The highest BCUT2D eigenvalue weighted by atomic mass is 79.9. The first-order valence-corrected chi connectivity index (χ1v) is 6.78. The van der Waals surface area contributed by atoms with Crippen molar-refractivity contribution in [2.45, 2.75) is 13.2 Å². The Hall–Kier alpha value is -1.52. The molecule has 0 fully saturated rings. The summed E-state index contributed by atoms with van der Waals surface area (Å²) in [5.74, 6) is 0.704. The first kappa shape index (κ1) is 13.9. The standard InChI is InChI=1S/C15H16BrNO2/c1-19-15-6-5-14(8-12(15)10-18)17-9-11-3-2-4-13(16)7-11/h2-8,17-18H,9-10H2,1H3. The number of hydrogen-bond donors (Lipinski definition) is 2. The van der Waals surface area contributed by atoms with E-state index in [9.17, 15) is 5.11 Å². The van der Waals surface area contributed by atoms with Gasteiger partial charge in [-0.1, -0.05) is 28.1 Å². The summed E-state index contributed by atoms with van der Waals surface area (Å²) < 4.78 is 6.24. The number of aliphatic hydroxyl groups excluding tert-OH is 1. The number of nitrogens with one attached hydrogen (secondary N) is 1. The normalized spacial score (nSPS) is 10.3. The number of halogens is 1. The van der Waals surface area contributed by atoms with E-state index in [0.29, 0.717) is 5.75 Å². The summed E-state index contributed by atoms with van der Waals surface area (Å²) in [6.45, 7) is 0.701. The Morgan fingerprint density at radius 1 is 1.21 bits per heavy atom. The van der Waals surface area contributed by atoms with Gasteiger partial charge in [0, 0.05) is 22.3 Å². The van der Waals surface area contributed by atoms with E-state index in [1.165, 1.54) is 5.56 Å². The summed E-state index contributed by atoms with van der Waals surface area (Å²) in [7, 11) is 1.60. The first-order chi connectivity index (χ1) is 9.22. The highest BCUT2D eigenvalue weighted by molar-refractivity contribution is 9.10. The van der Waals surface area contributed by atoms with Crippen molar-refractivity contribution < 1.29 is 9.84 Å². The van der Waals surface area contributed by atoms with Crippen LogP contribution in [0.25, 0.3) is 0 Å². The highest BCUT2D eigenvalue weighted by Crippen LogP contribution is 2.23. The van der Waals surface area contributed by atoms with Gasteiger partial charge in [0.1, 0.15) is 5.75 Å². The van der Waals surface area contributed by atoms with Gasteiger partial charge in [0.15, 0.2) is 0 Å². The summed E-state index contributed by atoms with van der Waals surface area (Å²) >= 11 is 3.45. The van der Waals surface area contributed by atoms with Crippen LogP contribution in [0.4, 0.5) is 5.69 Å². The summed E-state index contributed by atoms with van der Waals surface area (Å²) in [6, 6.07) is 13.8. The monoisotopic (exact) mass is 321 g/mol. The maximum atomic E-state index is 9.28. The average molecular weight is 322 g/mol. The number of anilines is 1. The molecule has 2 aromatic carbocycles. The van der Waals surface area contributed by atoms with Gasteiger partial charge in [-0.3, -0.25) is 0 Å².